The van der Waals surface area contributed by atoms with Crippen molar-refractivity contribution in [2.45, 2.75) is 58.4 Å². The lowest BCUT2D eigenvalue weighted by molar-refractivity contribution is -0.194. The van der Waals surface area contributed by atoms with E-state index < -0.39 is 11.6 Å². The van der Waals surface area contributed by atoms with E-state index in [1.54, 1.807) is 6.07 Å². The molecule has 33 heavy (non-hydrogen) atoms. The minimum atomic E-state index is -4.24. The molecule has 178 valence electrons. The van der Waals surface area contributed by atoms with Crippen LogP contribution in [0.1, 0.15) is 55.0 Å². The molecule has 2 aromatic rings. The molecule has 2 aromatic carbocycles. The fourth-order valence-corrected chi connectivity index (χ4v) is 4.66. The monoisotopic (exact) mass is 480 g/mol. The summed E-state index contributed by atoms with van der Waals surface area (Å²) in [5.41, 5.74) is 2.55. The predicted molar refractivity (Wildman–Crippen MR) is 121 cm³/mol. The summed E-state index contributed by atoms with van der Waals surface area (Å²) < 4.78 is 45.1. The number of carbonyl (C=O) groups is 1. The van der Waals surface area contributed by atoms with E-state index in [0.717, 1.165) is 29.8 Å². The molecule has 1 amide bonds. The zero-order valence-electron chi connectivity index (χ0n) is 18.8. The molecule has 4 nitrogen and oxygen atoms in total. The first-order valence-corrected chi connectivity index (χ1v) is 11.5. The summed E-state index contributed by atoms with van der Waals surface area (Å²) >= 11 is 6.53. The number of hydrogen-bond acceptors (Lipinski definition) is 3. The van der Waals surface area contributed by atoms with Crippen LogP contribution in [0, 0.1) is 5.41 Å². The Bertz CT molecular complexity index is 1020. The van der Waals surface area contributed by atoms with E-state index >= 15 is 0 Å². The van der Waals surface area contributed by atoms with Crippen molar-refractivity contribution in [2.75, 3.05) is 13.2 Å². The summed E-state index contributed by atoms with van der Waals surface area (Å²) in [6.07, 6.45) is -3.30. The summed E-state index contributed by atoms with van der Waals surface area (Å²) in [4.78, 5) is 13.6. The molecule has 8 heteroatoms. The minimum Gasteiger partial charge on any atom is -0.491 e. The SMILES string of the molecule is CC(=O)N[C@@H](C)c1ccc(CN2CCc3c(ccc(OCC4(C(F)(F)F)CC4)c3Cl)C2)cc1. The van der Waals surface area contributed by atoms with Crippen molar-refractivity contribution in [3.05, 3.63) is 63.7 Å². The first-order valence-electron chi connectivity index (χ1n) is 11.2. The smallest absolute Gasteiger partial charge is 0.397 e. The Labute approximate surface area is 197 Å². The maximum absolute atomic E-state index is 13.2. The molecule has 1 saturated carbocycles. The van der Waals surface area contributed by atoms with Crippen molar-refractivity contribution in [2.24, 2.45) is 5.41 Å². The zero-order chi connectivity index (χ0) is 23.8. The van der Waals surface area contributed by atoms with Gasteiger partial charge in [-0.25, -0.2) is 0 Å². The Morgan fingerprint density at radius 2 is 1.91 bits per heavy atom. The Balaban J connectivity index is 1.37. The summed E-state index contributed by atoms with van der Waals surface area (Å²) in [6.45, 7) is 5.37. The second-order valence-corrected chi connectivity index (χ2v) is 9.58. The number of nitrogens with one attached hydrogen (secondary N) is 1. The van der Waals surface area contributed by atoms with Gasteiger partial charge in [-0.15, -0.1) is 0 Å². The maximum atomic E-state index is 13.2. The van der Waals surface area contributed by atoms with Gasteiger partial charge in [0.25, 0.3) is 0 Å². The molecule has 0 aromatic heterocycles. The summed E-state index contributed by atoms with van der Waals surface area (Å²) in [5.74, 6) is 0.279. The van der Waals surface area contributed by atoms with Crippen LogP contribution in [-0.4, -0.2) is 30.1 Å². The highest BCUT2D eigenvalue weighted by atomic mass is 35.5. The number of rotatable bonds is 7. The Hall–Kier alpha value is -2.25. The largest absolute Gasteiger partial charge is 0.491 e. The topological polar surface area (TPSA) is 41.6 Å². The molecular weight excluding hydrogens is 453 g/mol. The van der Waals surface area contributed by atoms with E-state index in [0.29, 0.717) is 23.7 Å². The van der Waals surface area contributed by atoms with Gasteiger partial charge in [-0.1, -0.05) is 41.9 Å². The van der Waals surface area contributed by atoms with Crippen molar-refractivity contribution in [3.63, 3.8) is 0 Å². The van der Waals surface area contributed by atoms with Gasteiger partial charge in [-0.05, 0) is 54.5 Å². The molecule has 2 aliphatic rings. The van der Waals surface area contributed by atoms with Crippen molar-refractivity contribution >= 4 is 17.5 Å². The lowest BCUT2D eigenvalue weighted by atomic mass is 9.98. The van der Waals surface area contributed by atoms with Crippen LogP contribution >= 0.6 is 11.6 Å². The van der Waals surface area contributed by atoms with E-state index in [9.17, 15) is 18.0 Å². The van der Waals surface area contributed by atoms with Crippen LogP contribution < -0.4 is 10.1 Å². The number of amides is 1. The quantitative estimate of drug-likeness (QED) is 0.543. The molecule has 4 rings (SSSR count). The third-order valence-corrected chi connectivity index (χ3v) is 7.06. The molecule has 1 fully saturated rings. The standard InChI is InChI=1S/C25H28ClF3N2O2/c1-16(30-17(2)32)19-5-3-18(4-6-19)13-31-12-9-21-20(14-31)7-8-22(23(21)26)33-15-24(10-11-24)25(27,28)29/h3-8,16H,9-15H2,1-2H3,(H,30,32)/t16-/m0/s1. The number of benzene rings is 2. The van der Waals surface area contributed by atoms with E-state index in [1.165, 1.54) is 12.5 Å². The van der Waals surface area contributed by atoms with Crippen LogP contribution in [0.25, 0.3) is 0 Å². The number of carbonyl (C=O) groups excluding carboxylic acids is 1. The average molecular weight is 481 g/mol. The first-order chi connectivity index (χ1) is 15.6. The number of ether oxygens (including phenoxy) is 1. The Kier molecular flexibility index (Phi) is 6.65. The molecule has 0 radical (unpaired) electrons. The molecule has 1 atom stereocenters. The van der Waals surface area contributed by atoms with Crippen LogP contribution in [0.3, 0.4) is 0 Å². The number of alkyl halides is 3. The average Bonchev–Trinajstić information content (AvgIpc) is 3.55. The van der Waals surface area contributed by atoms with Crippen molar-refractivity contribution in [1.82, 2.24) is 10.2 Å². The second-order valence-electron chi connectivity index (χ2n) is 9.21. The van der Waals surface area contributed by atoms with Gasteiger partial charge in [0.1, 0.15) is 17.8 Å². The second kappa shape index (κ2) is 9.18. The minimum absolute atomic E-state index is 0.0390. The summed E-state index contributed by atoms with van der Waals surface area (Å²) in [5, 5.41) is 3.31. The Morgan fingerprint density at radius 3 is 2.52 bits per heavy atom. The van der Waals surface area contributed by atoms with Crippen molar-refractivity contribution < 1.29 is 22.7 Å². The van der Waals surface area contributed by atoms with Gasteiger partial charge in [-0.2, -0.15) is 13.2 Å². The van der Waals surface area contributed by atoms with E-state index in [-0.39, 0.29) is 31.4 Å². The van der Waals surface area contributed by atoms with Crippen molar-refractivity contribution in [1.29, 1.82) is 0 Å². The molecule has 1 N–H and O–H groups in total. The van der Waals surface area contributed by atoms with Crippen LogP contribution in [0.15, 0.2) is 36.4 Å². The lowest BCUT2D eigenvalue weighted by Crippen LogP contribution is -2.31. The molecule has 0 saturated heterocycles. The Morgan fingerprint density at radius 1 is 1.21 bits per heavy atom. The van der Waals surface area contributed by atoms with Gasteiger partial charge >= 0.3 is 6.18 Å². The highest BCUT2D eigenvalue weighted by Gasteiger charge is 2.63. The van der Waals surface area contributed by atoms with Crippen LogP contribution in [0.5, 0.6) is 5.75 Å². The molecule has 0 spiro atoms. The highest BCUT2D eigenvalue weighted by molar-refractivity contribution is 6.33. The maximum Gasteiger partial charge on any atom is 0.397 e. The number of hydrogen-bond donors (Lipinski definition) is 1. The normalized spacial score (nSPS) is 18.4. The number of nitrogens with zero attached hydrogens (tertiary/aromatic N) is 1. The van der Waals surface area contributed by atoms with Gasteiger partial charge in [0, 0.05) is 26.6 Å². The fraction of sp³-hybridized carbons (Fsp3) is 0.480. The third-order valence-electron chi connectivity index (χ3n) is 6.64. The third kappa shape index (κ3) is 5.30. The van der Waals surface area contributed by atoms with Gasteiger partial charge in [0.15, 0.2) is 0 Å². The highest BCUT2D eigenvalue weighted by Crippen LogP contribution is 2.57. The van der Waals surface area contributed by atoms with E-state index in [2.05, 4.69) is 22.3 Å². The summed E-state index contributed by atoms with van der Waals surface area (Å²) in [7, 11) is 0. The van der Waals surface area contributed by atoms with E-state index in [4.69, 9.17) is 16.3 Å². The molecule has 1 aliphatic carbocycles. The molecule has 0 unspecified atom stereocenters. The number of fused-ring (bicyclic) bond motifs is 1. The zero-order valence-corrected chi connectivity index (χ0v) is 19.5. The number of halogens is 4. The molecule has 1 heterocycles. The first kappa shape index (κ1) is 23.9. The van der Waals surface area contributed by atoms with Gasteiger partial charge in [0.05, 0.1) is 11.1 Å². The van der Waals surface area contributed by atoms with E-state index in [1.807, 2.05) is 25.1 Å². The van der Waals surface area contributed by atoms with Crippen LogP contribution in [-0.2, 0) is 24.3 Å². The fourth-order valence-electron chi connectivity index (χ4n) is 4.33. The van der Waals surface area contributed by atoms with Gasteiger partial charge in [0.2, 0.25) is 5.91 Å². The van der Waals surface area contributed by atoms with Gasteiger partial charge in [-0.3, -0.25) is 9.69 Å². The predicted octanol–water partition coefficient (Wildman–Crippen LogP) is 5.82. The molecule has 1 aliphatic heterocycles. The van der Waals surface area contributed by atoms with Crippen molar-refractivity contribution in [3.8, 4) is 5.75 Å². The molecular formula is C25H28ClF3N2O2. The molecule has 0 bridgehead atoms. The van der Waals surface area contributed by atoms with Crippen LogP contribution in [0.4, 0.5) is 13.2 Å². The summed E-state index contributed by atoms with van der Waals surface area (Å²) in [6, 6.07) is 11.8. The van der Waals surface area contributed by atoms with Gasteiger partial charge < -0.3 is 10.1 Å². The lowest BCUT2D eigenvalue weighted by Gasteiger charge is -2.30. The van der Waals surface area contributed by atoms with Crippen LogP contribution in [0.2, 0.25) is 5.02 Å².